The van der Waals surface area contributed by atoms with Gasteiger partial charge in [-0.05, 0) is 5.56 Å². The van der Waals surface area contributed by atoms with Crippen LogP contribution in [0.3, 0.4) is 0 Å². The molecule has 1 rings (SSSR count). The number of nitro benzene ring substituents is 1. The summed E-state index contributed by atoms with van der Waals surface area (Å²) in [5, 5.41) is 10.7. The molecule has 0 aliphatic rings. The molecule has 0 bridgehead atoms. The lowest BCUT2D eigenvalue weighted by atomic mass is 10.2. The molecule has 0 saturated heterocycles. The number of hydrogen-bond acceptors (Lipinski definition) is 3. The summed E-state index contributed by atoms with van der Waals surface area (Å²) in [5.41, 5.74) is 0.917. The third kappa shape index (κ3) is 3.30. The van der Waals surface area contributed by atoms with Gasteiger partial charge in [0, 0.05) is 25.7 Å². The second kappa shape index (κ2) is 5.60. The molecule has 0 saturated carbocycles. The lowest BCUT2D eigenvalue weighted by Gasteiger charge is -2.15. The molecular formula is C10H11BrN2O3. The molecule has 0 spiro atoms. The van der Waals surface area contributed by atoms with Gasteiger partial charge < -0.3 is 4.90 Å². The van der Waals surface area contributed by atoms with Gasteiger partial charge in [-0.1, -0.05) is 28.1 Å². The van der Waals surface area contributed by atoms with Crippen LogP contribution in [0.25, 0.3) is 0 Å². The van der Waals surface area contributed by atoms with Crippen LogP contribution in [-0.4, -0.2) is 28.1 Å². The first-order valence-electron chi connectivity index (χ1n) is 4.58. The number of non-ortho nitro benzene ring substituents is 1. The second-order valence-electron chi connectivity index (χ2n) is 3.31. The van der Waals surface area contributed by atoms with E-state index >= 15 is 0 Å². The topological polar surface area (TPSA) is 63.4 Å². The van der Waals surface area contributed by atoms with Crippen LogP contribution in [0.4, 0.5) is 5.69 Å². The Bertz CT molecular complexity index is 392. The van der Waals surface area contributed by atoms with Crippen LogP contribution in [0.5, 0.6) is 0 Å². The summed E-state index contributed by atoms with van der Waals surface area (Å²) in [6.45, 7) is 0.447. The third-order valence-electron chi connectivity index (χ3n) is 2.11. The monoisotopic (exact) mass is 286 g/mol. The molecule has 0 unspecified atom stereocenters. The first-order chi connectivity index (χ1) is 7.54. The number of nitrogens with zero attached hydrogens (tertiary/aromatic N) is 2. The highest BCUT2D eigenvalue weighted by molar-refractivity contribution is 9.09. The van der Waals surface area contributed by atoms with Crippen molar-refractivity contribution < 1.29 is 9.72 Å². The van der Waals surface area contributed by atoms with Crippen molar-refractivity contribution in [1.29, 1.82) is 0 Å². The van der Waals surface area contributed by atoms with Crippen molar-refractivity contribution >= 4 is 27.5 Å². The highest BCUT2D eigenvalue weighted by atomic mass is 79.9. The van der Waals surface area contributed by atoms with Crippen LogP contribution in [0.1, 0.15) is 5.56 Å². The predicted molar refractivity (Wildman–Crippen MR) is 63.4 cm³/mol. The average molecular weight is 287 g/mol. The summed E-state index contributed by atoms with van der Waals surface area (Å²) in [7, 11) is 1.69. The number of hydrogen-bond donors (Lipinski definition) is 0. The maximum atomic E-state index is 11.3. The van der Waals surface area contributed by atoms with E-state index in [9.17, 15) is 14.9 Å². The molecule has 0 aliphatic heterocycles. The van der Waals surface area contributed by atoms with Crippen molar-refractivity contribution in [1.82, 2.24) is 4.90 Å². The molecule has 0 aliphatic carbocycles. The van der Waals surface area contributed by atoms with Gasteiger partial charge in [-0.15, -0.1) is 0 Å². The number of carbonyl (C=O) groups excluding carboxylic acids is 1. The second-order valence-corrected chi connectivity index (χ2v) is 3.87. The Morgan fingerprint density at radius 2 is 2.00 bits per heavy atom. The summed E-state index contributed by atoms with van der Waals surface area (Å²) in [4.78, 5) is 22.8. The molecule has 0 N–H and O–H groups in total. The smallest absolute Gasteiger partial charge is 0.269 e. The Kier molecular flexibility index (Phi) is 4.42. The van der Waals surface area contributed by atoms with E-state index in [-0.39, 0.29) is 16.9 Å². The number of alkyl halides is 1. The Hall–Kier alpha value is -1.43. The number of nitro groups is 1. The largest absolute Gasteiger partial charge is 0.341 e. The van der Waals surface area contributed by atoms with E-state index in [1.807, 2.05) is 0 Å². The Balaban J connectivity index is 2.68. The van der Waals surface area contributed by atoms with Gasteiger partial charge in [0.25, 0.3) is 5.69 Å². The zero-order chi connectivity index (χ0) is 12.1. The minimum atomic E-state index is -0.447. The Morgan fingerprint density at radius 1 is 1.44 bits per heavy atom. The summed E-state index contributed by atoms with van der Waals surface area (Å²) >= 11 is 3.08. The van der Waals surface area contributed by atoms with Gasteiger partial charge in [-0.3, -0.25) is 14.9 Å². The van der Waals surface area contributed by atoms with Crippen molar-refractivity contribution in [2.45, 2.75) is 6.54 Å². The molecule has 16 heavy (non-hydrogen) atoms. The van der Waals surface area contributed by atoms with Gasteiger partial charge in [0.15, 0.2) is 0 Å². The van der Waals surface area contributed by atoms with Crippen LogP contribution in [-0.2, 0) is 11.3 Å². The maximum Gasteiger partial charge on any atom is 0.269 e. The molecule has 6 heteroatoms. The van der Waals surface area contributed by atoms with E-state index in [0.717, 1.165) is 5.56 Å². The van der Waals surface area contributed by atoms with E-state index in [2.05, 4.69) is 15.9 Å². The molecule has 0 heterocycles. The van der Waals surface area contributed by atoms with Crippen molar-refractivity contribution in [3.05, 3.63) is 39.9 Å². The first kappa shape index (κ1) is 12.6. The Labute approximate surface area is 101 Å². The molecule has 86 valence electrons. The van der Waals surface area contributed by atoms with E-state index in [0.29, 0.717) is 6.54 Å². The molecule has 1 amide bonds. The maximum absolute atomic E-state index is 11.3. The van der Waals surface area contributed by atoms with Gasteiger partial charge in [0.05, 0.1) is 10.3 Å². The first-order valence-corrected chi connectivity index (χ1v) is 5.70. The Morgan fingerprint density at radius 3 is 2.44 bits per heavy atom. The molecule has 5 nitrogen and oxygen atoms in total. The lowest BCUT2D eigenvalue weighted by molar-refractivity contribution is -0.384. The highest BCUT2D eigenvalue weighted by Gasteiger charge is 2.08. The van der Waals surface area contributed by atoms with Crippen molar-refractivity contribution in [3.8, 4) is 0 Å². The summed E-state index contributed by atoms with van der Waals surface area (Å²) in [6, 6.07) is 6.16. The third-order valence-corrected chi connectivity index (χ3v) is 2.59. The highest BCUT2D eigenvalue weighted by Crippen LogP contribution is 2.13. The molecule has 1 aromatic carbocycles. The molecule has 0 aromatic heterocycles. The van der Waals surface area contributed by atoms with Crippen molar-refractivity contribution in [3.63, 3.8) is 0 Å². The van der Waals surface area contributed by atoms with Gasteiger partial charge in [-0.25, -0.2) is 0 Å². The zero-order valence-electron chi connectivity index (χ0n) is 8.72. The van der Waals surface area contributed by atoms with Crippen LogP contribution in [0.15, 0.2) is 24.3 Å². The van der Waals surface area contributed by atoms with Gasteiger partial charge in [0.2, 0.25) is 5.91 Å². The number of carbonyl (C=O) groups is 1. The summed E-state index contributed by atoms with van der Waals surface area (Å²) in [6.07, 6.45) is 0. The van der Waals surface area contributed by atoms with Gasteiger partial charge in [-0.2, -0.15) is 0 Å². The fourth-order valence-electron chi connectivity index (χ4n) is 1.19. The van der Waals surface area contributed by atoms with E-state index in [1.165, 1.54) is 12.1 Å². The van der Waals surface area contributed by atoms with E-state index in [1.54, 1.807) is 24.1 Å². The number of amides is 1. The number of benzene rings is 1. The summed E-state index contributed by atoms with van der Waals surface area (Å²) < 4.78 is 0. The fourth-order valence-corrected chi connectivity index (χ4v) is 1.62. The quantitative estimate of drug-likeness (QED) is 0.483. The molecule has 1 aromatic rings. The molecule has 0 fully saturated rings. The summed E-state index contributed by atoms with van der Waals surface area (Å²) in [5.74, 6) is -0.0293. The minimum Gasteiger partial charge on any atom is -0.341 e. The van der Waals surface area contributed by atoms with Crippen molar-refractivity contribution in [2.75, 3.05) is 12.4 Å². The number of halogens is 1. The average Bonchev–Trinajstić information content (AvgIpc) is 2.28. The fraction of sp³-hybridized carbons (Fsp3) is 0.300. The van der Waals surface area contributed by atoms with E-state index in [4.69, 9.17) is 0 Å². The normalized spacial score (nSPS) is 9.88. The minimum absolute atomic E-state index is 0.0293. The SMILES string of the molecule is CN(Cc1ccc([N+](=O)[O-])cc1)C(=O)CBr. The van der Waals surface area contributed by atoms with Crippen LogP contribution in [0.2, 0.25) is 0 Å². The van der Waals surface area contributed by atoms with Crippen LogP contribution >= 0.6 is 15.9 Å². The van der Waals surface area contributed by atoms with Crippen molar-refractivity contribution in [2.24, 2.45) is 0 Å². The standard InChI is InChI=1S/C10H11BrN2O3/c1-12(10(14)6-11)7-8-2-4-9(5-3-8)13(15)16/h2-5H,6-7H2,1H3. The predicted octanol–water partition coefficient (Wildman–Crippen LogP) is 1.95. The van der Waals surface area contributed by atoms with Gasteiger partial charge in [0.1, 0.15) is 0 Å². The van der Waals surface area contributed by atoms with Crippen LogP contribution in [0, 0.1) is 10.1 Å². The zero-order valence-corrected chi connectivity index (χ0v) is 10.3. The lowest BCUT2D eigenvalue weighted by Crippen LogP contribution is -2.26. The molecule has 0 atom stereocenters. The molecular weight excluding hydrogens is 276 g/mol. The van der Waals surface area contributed by atoms with Crippen LogP contribution < -0.4 is 0 Å². The van der Waals surface area contributed by atoms with E-state index < -0.39 is 4.92 Å². The molecule has 0 radical (unpaired) electrons. The van der Waals surface area contributed by atoms with Gasteiger partial charge >= 0.3 is 0 Å². The number of rotatable bonds is 4.